The van der Waals surface area contributed by atoms with Crippen molar-refractivity contribution in [3.05, 3.63) is 40.5 Å². The van der Waals surface area contributed by atoms with Gasteiger partial charge in [0.05, 0.1) is 12.7 Å². The number of cyclic esters (lactones) is 1. The number of aromatic nitrogens is 2. The van der Waals surface area contributed by atoms with Crippen LogP contribution >= 0.6 is 11.6 Å². The summed E-state index contributed by atoms with van der Waals surface area (Å²) in [5.74, 6) is 0.697. The number of nitrogens with zero attached hydrogens (tertiary/aromatic N) is 3. The topological polar surface area (TPSA) is 132 Å². The van der Waals surface area contributed by atoms with Crippen LogP contribution in [0.3, 0.4) is 0 Å². The first-order chi connectivity index (χ1) is 15.5. The number of ether oxygens (including phenoxy) is 2. The van der Waals surface area contributed by atoms with E-state index in [1.54, 1.807) is 0 Å². The Morgan fingerprint density at radius 2 is 2.22 bits per heavy atom. The molecule has 1 aromatic carbocycles. The van der Waals surface area contributed by atoms with Gasteiger partial charge in [0, 0.05) is 17.6 Å². The van der Waals surface area contributed by atoms with Crippen molar-refractivity contribution in [1.29, 1.82) is 0 Å². The highest BCUT2D eigenvalue weighted by molar-refractivity contribution is 6.31. The third kappa shape index (κ3) is 3.96. The van der Waals surface area contributed by atoms with E-state index in [9.17, 15) is 9.59 Å². The van der Waals surface area contributed by atoms with Gasteiger partial charge >= 0.3 is 6.09 Å². The fourth-order valence-electron chi connectivity index (χ4n) is 4.34. The second-order valence-corrected chi connectivity index (χ2v) is 8.53. The number of anilines is 2. The molecule has 4 N–H and O–H groups in total. The number of hydrogen-bond donors (Lipinski definition) is 3. The molecule has 0 bridgehead atoms. The van der Waals surface area contributed by atoms with Gasteiger partial charge in [0.2, 0.25) is 0 Å². The Morgan fingerprint density at radius 1 is 1.34 bits per heavy atom. The Labute approximate surface area is 189 Å². The minimum atomic E-state index is -0.491. The van der Waals surface area contributed by atoms with Crippen LogP contribution in [0, 0.1) is 5.92 Å². The molecule has 32 heavy (non-hydrogen) atoms. The summed E-state index contributed by atoms with van der Waals surface area (Å²) in [7, 11) is 0. The largest absolute Gasteiger partial charge is 0.465 e. The maximum absolute atomic E-state index is 12.3. The van der Waals surface area contributed by atoms with Gasteiger partial charge in [-0.25, -0.2) is 14.8 Å². The summed E-state index contributed by atoms with van der Waals surface area (Å²) in [6.45, 7) is 1.69. The van der Waals surface area contributed by atoms with Gasteiger partial charge in [-0.2, -0.15) is 0 Å². The van der Waals surface area contributed by atoms with E-state index in [2.05, 4.69) is 20.6 Å². The Hall–Kier alpha value is -2.95. The second kappa shape index (κ2) is 8.53. The van der Waals surface area contributed by atoms with E-state index in [4.69, 9.17) is 26.8 Å². The molecule has 10 nitrogen and oxygen atoms in total. The number of amides is 2. The van der Waals surface area contributed by atoms with E-state index in [0.29, 0.717) is 25.3 Å². The molecule has 0 radical (unpaired) electrons. The maximum atomic E-state index is 12.3. The second-order valence-electron chi connectivity index (χ2n) is 8.13. The average Bonchev–Trinajstić information content (AvgIpc) is 3.31. The number of nitrogens with one attached hydrogen (secondary N) is 2. The molecular weight excluding hydrogens is 436 g/mol. The zero-order valence-corrected chi connectivity index (χ0v) is 18.0. The average molecular weight is 459 g/mol. The van der Waals surface area contributed by atoms with E-state index < -0.39 is 6.09 Å². The first-order valence-electron chi connectivity index (χ1n) is 10.5. The van der Waals surface area contributed by atoms with Crippen LogP contribution in [0.2, 0.25) is 5.02 Å². The Balaban J connectivity index is 1.12. The molecular formula is C21H23ClN6O4. The minimum Gasteiger partial charge on any atom is -0.465 e. The molecule has 0 unspecified atom stereocenters. The molecule has 11 heteroatoms. The molecule has 3 aliphatic rings. The van der Waals surface area contributed by atoms with E-state index >= 15 is 0 Å². The Kier molecular flexibility index (Phi) is 5.58. The van der Waals surface area contributed by atoms with Crippen LogP contribution in [-0.4, -0.2) is 54.3 Å². The number of rotatable bonds is 6. The van der Waals surface area contributed by atoms with E-state index in [-0.39, 0.29) is 42.3 Å². The third-order valence-corrected chi connectivity index (χ3v) is 6.37. The predicted octanol–water partition coefficient (Wildman–Crippen LogP) is 1.64. The molecule has 5 rings (SSSR count). The number of halogens is 1. The molecule has 168 valence electrons. The maximum Gasteiger partial charge on any atom is 0.415 e. The highest BCUT2D eigenvalue weighted by Crippen LogP contribution is 2.37. The van der Waals surface area contributed by atoms with E-state index in [1.807, 2.05) is 18.2 Å². The predicted molar refractivity (Wildman–Crippen MR) is 117 cm³/mol. The molecule has 1 aliphatic carbocycles. The van der Waals surface area contributed by atoms with Crippen LogP contribution in [0.25, 0.3) is 0 Å². The van der Waals surface area contributed by atoms with Gasteiger partial charge in [-0.1, -0.05) is 23.7 Å². The first-order valence-corrected chi connectivity index (χ1v) is 10.9. The molecule has 2 aromatic rings. The van der Waals surface area contributed by atoms with Crippen LogP contribution in [0.4, 0.5) is 16.4 Å². The van der Waals surface area contributed by atoms with Crippen molar-refractivity contribution >= 4 is 35.2 Å². The van der Waals surface area contributed by atoms with Gasteiger partial charge < -0.3 is 25.8 Å². The van der Waals surface area contributed by atoms with Crippen molar-refractivity contribution in [2.45, 2.75) is 25.0 Å². The van der Waals surface area contributed by atoms with Crippen molar-refractivity contribution in [3.63, 3.8) is 0 Å². The number of benzene rings is 1. The zero-order chi connectivity index (χ0) is 22.2. The number of hydrogen-bond acceptors (Lipinski definition) is 8. The highest BCUT2D eigenvalue weighted by Gasteiger charge is 2.35. The summed E-state index contributed by atoms with van der Waals surface area (Å²) in [4.78, 5) is 33.6. The van der Waals surface area contributed by atoms with Crippen LogP contribution in [0.5, 0.6) is 5.88 Å². The Morgan fingerprint density at radius 3 is 3.06 bits per heavy atom. The minimum absolute atomic E-state index is 0.0388. The third-order valence-electron chi connectivity index (χ3n) is 6.01. The number of carbonyl (C=O) groups is 2. The molecule has 0 saturated carbocycles. The van der Waals surface area contributed by atoms with Crippen LogP contribution in [0.15, 0.2) is 24.4 Å². The molecule has 2 amide bonds. The first kappa shape index (κ1) is 20.9. The van der Waals surface area contributed by atoms with Crippen LogP contribution in [0.1, 0.15) is 23.6 Å². The fourth-order valence-corrected chi connectivity index (χ4v) is 4.60. The number of carbonyl (C=O) groups excluding carboxylic acids is 2. The summed E-state index contributed by atoms with van der Waals surface area (Å²) in [5.41, 5.74) is 8.66. The van der Waals surface area contributed by atoms with E-state index in [0.717, 1.165) is 29.1 Å². The van der Waals surface area contributed by atoms with Crippen molar-refractivity contribution in [2.75, 3.05) is 36.5 Å². The summed E-state index contributed by atoms with van der Waals surface area (Å²) in [6.07, 6.45) is 2.17. The molecule has 1 fully saturated rings. The van der Waals surface area contributed by atoms with Crippen molar-refractivity contribution < 1.29 is 19.1 Å². The molecule has 3 atom stereocenters. The summed E-state index contributed by atoms with van der Waals surface area (Å²) < 4.78 is 10.7. The van der Waals surface area contributed by atoms with E-state index in [1.165, 1.54) is 11.1 Å². The van der Waals surface area contributed by atoms with Gasteiger partial charge in [-0.15, -0.1) is 0 Å². The van der Waals surface area contributed by atoms with Gasteiger partial charge in [-0.3, -0.25) is 9.69 Å². The van der Waals surface area contributed by atoms with Crippen molar-refractivity contribution in [3.8, 4) is 5.88 Å². The zero-order valence-electron chi connectivity index (χ0n) is 17.2. The van der Waals surface area contributed by atoms with Crippen molar-refractivity contribution in [2.24, 2.45) is 11.7 Å². The molecule has 2 aliphatic heterocycles. The van der Waals surface area contributed by atoms with Crippen LogP contribution in [-0.2, 0) is 16.0 Å². The Bertz CT molecular complexity index is 1070. The molecule has 1 saturated heterocycles. The SMILES string of the molecule is N[C@H]1c2cccc(Cl)c2C[C@@H]1CNCC[C@H]1CN(c2cnc3c(n2)NC(=O)CO3)C(=O)O1. The lowest BCUT2D eigenvalue weighted by Crippen LogP contribution is -2.32. The molecule has 0 spiro atoms. The van der Waals surface area contributed by atoms with Gasteiger partial charge in [-0.05, 0) is 42.5 Å². The summed E-state index contributed by atoms with van der Waals surface area (Å²) >= 11 is 6.31. The fraction of sp³-hybridized carbons (Fsp3) is 0.429. The van der Waals surface area contributed by atoms with Crippen LogP contribution < -0.4 is 26.0 Å². The summed E-state index contributed by atoms with van der Waals surface area (Å²) in [5, 5.41) is 6.79. The number of fused-ring (bicyclic) bond motifs is 2. The lowest BCUT2D eigenvalue weighted by molar-refractivity contribution is -0.118. The summed E-state index contributed by atoms with van der Waals surface area (Å²) in [6, 6.07) is 5.84. The van der Waals surface area contributed by atoms with Gasteiger partial charge in [0.15, 0.2) is 18.2 Å². The van der Waals surface area contributed by atoms with Gasteiger partial charge in [0.25, 0.3) is 11.8 Å². The normalized spacial score (nSPS) is 23.9. The smallest absolute Gasteiger partial charge is 0.415 e. The lowest BCUT2D eigenvalue weighted by atomic mass is 10.0. The molecule has 1 aromatic heterocycles. The number of nitrogens with two attached hydrogens (primary N) is 1. The lowest BCUT2D eigenvalue weighted by Gasteiger charge is -2.18. The quantitative estimate of drug-likeness (QED) is 0.556. The monoisotopic (exact) mass is 458 g/mol. The van der Waals surface area contributed by atoms with Gasteiger partial charge in [0.1, 0.15) is 6.10 Å². The molecule has 3 heterocycles. The van der Waals surface area contributed by atoms with Crippen molar-refractivity contribution in [1.82, 2.24) is 15.3 Å². The highest BCUT2D eigenvalue weighted by atomic mass is 35.5. The standard InChI is InChI=1S/C21H23ClN6O4/c22-15-3-1-2-13-14(15)6-11(18(13)23)7-24-5-4-12-9-28(21(30)32-12)16-8-25-20-19(26-16)27-17(29)10-31-20/h1-3,8,11-12,18,24H,4-7,9-10,23H2,(H,26,27,29)/t11-,12+,18-/m1/s1.